The molecule has 1 N–H and O–H groups in total. The number of allylic oxidation sites excluding steroid dienone is 1. The van der Waals surface area contributed by atoms with Crippen LogP contribution < -0.4 is 0 Å². The molecule has 0 bridgehead atoms. The second-order valence-electron chi connectivity index (χ2n) is 4.50. The van der Waals surface area contributed by atoms with E-state index >= 15 is 0 Å². The van der Waals surface area contributed by atoms with Crippen molar-refractivity contribution in [1.82, 2.24) is 4.98 Å². The van der Waals surface area contributed by atoms with Gasteiger partial charge >= 0.3 is 0 Å². The zero-order chi connectivity index (χ0) is 13.4. The first-order valence-corrected chi connectivity index (χ1v) is 6.00. The highest BCUT2D eigenvalue weighted by Gasteiger charge is 2.11. The normalized spacial score (nSPS) is 10.8. The van der Waals surface area contributed by atoms with Crippen LogP contribution in [0, 0.1) is 0 Å². The van der Waals surface area contributed by atoms with E-state index in [1.54, 1.807) is 24.3 Å². The van der Waals surface area contributed by atoms with Gasteiger partial charge in [0.25, 0.3) is 0 Å². The molecule has 0 radical (unpaired) electrons. The van der Waals surface area contributed by atoms with Crippen LogP contribution in [0.25, 0.3) is 28.1 Å². The van der Waals surface area contributed by atoms with E-state index in [4.69, 9.17) is 4.42 Å². The van der Waals surface area contributed by atoms with Gasteiger partial charge < -0.3 is 9.52 Å². The highest BCUT2D eigenvalue weighted by atomic mass is 16.3. The van der Waals surface area contributed by atoms with Gasteiger partial charge in [-0.2, -0.15) is 0 Å². The van der Waals surface area contributed by atoms with E-state index in [1.807, 2.05) is 25.1 Å². The van der Waals surface area contributed by atoms with Crippen molar-refractivity contribution < 1.29 is 9.52 Å². The molecule has 94 valence electrons. The predicted octanol–water partition coefficient (Wildman–Crippen LogP) is 4.23. The Morgan fingerprint density at radius 3 is 2.58 bits per heavy atom. The summed E-state index contributed by atoms with van der Waals surface area (Å²) < 4.78 is 5.83. The van der Waals surface area contributed by atoms with E-state index in [9.17, 15) is 5.11 Å². The average Bonchev–Trinajstić information content (AvgIpc) is 2.82. The molecule has 0 amide bonds. The standard InChI is InChI=1S/C16H13NO2/c1-10(2)13-4-3-5-14-15(13)19-16(17-14)11-6-8-12(18)9-7-11/h3-9,18H,1H2,2H3. The molecular weight excluding hydrogens is 238 g/mol. The van der Waals surface area contributed by atoms with Gasteiger partial charge in [-0.1, -0.05) is 18.7 Å². The average molecular weight is 251 g/mol. The number of hydrogen-bond donors (Lipinski definition) is 1. The zero-order valence-electron chi connectivity index (χ0n) is 10.6. The first-order valence-electron chi connectivity index (χ1n) is 6.00. The maximum atomic E-state index is 9.30. The monoisotopic (exact) mass is 251 g/mol. The van der Waals surface area contributed by atoms with Gasteiger partial charge in [0.05, 0.1) is 0 Å². The van der Waals surface area contributed by atoms with Crippen LogP contribution in [0.3, 0.4) is 0 Å². The Morgan fingerprint density at radius 2 is 1.89 bits per heavy atom. The van der Waals surface area contributed by atoms with Crippen LogP contribution in [0.1, 0.15) is 12.5 Å². The summed E-state index contributed by atoms with van der Waals surface area (Å²) in [6.45, 7) is 5.89. The molecule has 0 atom stereocenters. The molecule has 19 heavy (non-hydrogen) atoms. The van der Waals surface area contributed by atoms with Gasteiger partial charge in [0.1, 0.15) is 11.3 Å². The van der Waals surface area contributed by atoms with Crippen molar-refractivity contribution >= 4 is 16.7 Å². The summed E-state index contributed by atoms with van der Waals surface area (Å²) in [5.74, 6) is 0.770. The summed E-state index contributed by atoms with van der Waals surface area (Å²) in [7, 11) is 0. The van der Waals surface area contributed by atoms with Crippen molar-refractivity contribution in [2.24, 2.45) is 0 Å². The molecule has 0 aliphatic carbocycles. The number of aromatic nitrogens is 1. The van der Waals surface area contributed by atoms with Crippen LogP contribution in [0.15, 0.2) is 53.5 Å². The van der Waals surface area contributed by atoms with E-state index in [0.717, 1.165) is 27.8 Å². The number of fused-ring (bicyclic) bond motifs is 1. The number of rotatable bonds is 2. The lowest BCUT2D eigenvalue weighted by molar-refractivity contribution is 0.475. The van der Waals surface area contributed by atoms with Gasteiger partial charge in [-0.3, -0.25) is 0 Å². The van der Waals surface area contributed by atoms with Crippen molar-refractivity contribution in [2.75, 3.05) is 0 Å². The molecule has 1 aromatic heterocycles. The smallest absolute Gasteiger partial charge is 0.227 e. The molecule has 0 saturated heterocycles. The van der Waals surface area contributed by atoms with E-state index in [1.165, 1.54) is 0 Å². The predicted molar refractivity (Wildman–Crippen MR) is 75.8 cm³/mol. The third-order valence-electron chi connectivity index (χ3n) is 2.99. The fourth-order valence-electron chi connectivity index (χ4n) is 2.01. The molecule has 3 heteroatoms. The maximum Gasteiger partial charge on any atom is 0.227 e. The number of aromatic hydroxyl groups is 1. The van der Waals surface area contributed by atoms with E-state index in [0.29, 0.717) is 5.89 Å². The SMILES string of the molecule is C=C(C)c1cccc2nc(-c3ccc(O)cc3)oc12. The summed E-state index contributed by atoms with van der Waals surface area (Å²) in [6, 6.07) is 12.6. The summed E-state index contributed by atoms with van der Waals surface area (Å²) in [6.07, 6.45) is 0. The highest BCUT2D eigenvalue weighted by Crippen LogP contribution is 2.29. The lowest BCUT2D eigenvalue weighted by Gasteiger charge is -1.98. The van der Waals surface area contributed by atoms with Crippen LogP contribution in [0.2, 0.25) is 0 Å². The summed E-state index contributed by atoms with van der Waals surface area (Å²) in [4.78, 5) is 4.47. The second kappa shape index (κ2) is 4.28. The number of phenols is 1. The summed E-state index contributed by atoms with van der Waals surface area (Å²) >= 11 is 0. The first kappa shape index (κ1) is 11.5. The zero-order valence-corrected chi connectivity index (χ0v) is 10.6. The summed E-state index contributed by atoms with van der Waals surface area (Å²) in [5.41, 5.74) is 4.30. The lowest BCUT2D eigenvalue weighted by atomic mass is 10.1. The van der Waals surface area contributed by atoms with Crippen molar-refractivity contribution in [3.05, 3.63) is 54.6 Å². The number of phenolic OH excluding ortho intramolecular Hbond substituents is 1. The minimum Gasteiger partial charge on any atom is -0.508 e. The molecule has 0 saturated carbocycles. The molecule has 1 heterocycles. The lowest BCUT2D eigenvalue weighted by Crippen LogP contribution is -1.78. The Morgan fingerprint density at radius 1 is 1.16 bits per heavy atom. The third-order valence-corrected chi connectivity index (χ3v) is 2.99. The molecule has 0 aliphatic heterocycles. The van der Waals surface area contributed by atoms with Gasteiger partial charge in [0.2, 0.25) is 5.89 Å². The fourth-order valence-corrected chi connectivity index (χ4v) is 2.01. The Labute approximate surface area is 110 Å². The van der Waals surface area contributed by atoms with Crippen LogP contribution in [0.4, 0.5) is 0 Å². The Kier molecular flexibility index (Phi) is 2.60. The van der Waals surface area contributed by atoms with Crippen molar-refractivity contribution in [3.8, 4) is 17.2 Å². The molecule has 0 unspecified atom stereocenters. The largest absolute Gasteiger partial charge is 0.508 e. The minimum absolute atomic E-state index is 0.225. The number of oxazole rings is 1. The van der Waals surface area contributed by atoms with E-state index < -0.39 is 0 Å². The van der Waals surface area contributed by atoms with E-state index in [-0.39, 0.29) is 5.75 Å². The number of hydrogen-bond acceptors (Lipinski definition) is 3. The van der Waals surface area contributed by atoms with E-state index in [2.05, 4.69) is 11.6 Å². The number of nitrogens with zero attached hydrogens (tertiary/aromatic N) is 1. The summed E-state index contributed by atoms with van der Waals surface area (Å²) in [5, 5.41) is 9.30. The fraction of sp³-hybridized carbons (Fsp3) is 0.0625. The topological polar surface area (TPSA) is 46.3 Å². The molecule has 3 nitrogen and oxygen atoms in total. The quantitative estimate of drug-likeness (QED) is 0.741. The van der Waals surface area contributed by atoms with Gasteiger partial charge in [0.15, 0.2) is 5.58 Å². The second-order valence-corrected chi connectivity index (χ2v) is 4.50. The highest BCUT2D eigenvalue weighted by molar-refractivity contribution is 5.87. The van der Waals surface area contributed by atoms with Gasteiger partial charge in [0, 0.05) is 11.1 Å². The number of benzene rings is 2. The van der Waals surface area contributed by atoms with Crippen molar-refractivity contribution in [1.29, 1.82) is 0 Å². The maximum absolute atomic E-state index is 9.30. The van der Waals surface area contributed by atoms with Crippen LogP contribution in [0.5, 0.6) is 5.75 Å². The third kappa shape index (κ3) is 1.99. The molecule has 0 aliphatic rings. The van der Waals surface area contributed by atoms with Crippen molar-refractivity contribution in [3.63, 3.8) is 0 Å². The van der Waals surface area contributed by atoms with Gasteiger partial charge in [-0.25, -0.2) is 4.98 Å². The van der Waals surface area contributed by atoms with Gasteiger partial charge in [-0.05, 0) is 42.8 Å². The van der Waals surface area contributed by atoms with Gasteiger partial charge in [-0.15, -0.1) is 0 Å². The molecular formula is C16H13NO2. The van der Waals surface area contributed by atoms with Crippen LogP contribution in [-0.4, -0.2) is 10.1 Å². The first-order chi connectivity index (χ1) is 9.15. The Bertz CT molecular complexity index is 754. The van der Waals surface area contributed by atoms with Crippen molar-refractivity contribution in [2.45, 2.75) is 6.92 Å². The molecule has 0 spiro atoms. The molecule has 2 aromatic carbocycles. The minimum atomic E-state index is 0.225. The van der Waals surface area contributed by atoms with Crippen LogP contribution >= 0.6 is 0 Å². The molecule has 3 rings (SSSR count). The molecule has 3 aromatic rings. The Hall–Kier alpha value is -2.55. The van der Waals surface area contributed by atoms with Crippen LogP contribution in [-0.2, 0) is 0 Å². The molecule has 0 fully saturated rings. The number of para-hydroxylation sites is 1. The Balaban J connectivity index is 2.19.